The lowest BCUT2D eigenvalue weighted by Gasteiger charge is -2.31. The number of carbonyl (C=O) groups excluding carboxylic acids is 2. The van der Waals surface area contributed by atoms with E-state index in [9.17, 15) is 22.8 Å². The van der Waals surface area contributed by atoms with Gasteiger partial charge in [-0.05, 0) is 51.9 Å². The fourth-order valence-corrected chi connectivity index (χ4v) is 5.30. The normalized spacial score (nSPS) is 20.1. The third kappa shape index (κ3) is 8.42. The molecule has 0 radical (unpaired) electrons. The van der Waals surface area contributed by atoms with Crippen molar-refractivity contribution in [1.29, 1.82) is 0 Å². The van der Waals surface area contributed by atoms with Gasteiger partial charge >= 0.3 is 6.18 Å². The first-order valence-electron chi connectivity index (χ1n) is 14.8. The van der Waals surface area contributed by atoms with E-state index in [0.717, 1.165) is 44.8 Å². The highest BCUT2D eigenvalue weighted by molar-refractivity contribution is 5.96. The highest BCUT2D eigenvalue weighted by atomic mass is 19.4. The summed E-state index contributed by atoms with van der Waals surface area (Å²) in [5.41, 5.74) is -1.26. The number of aromatic nitrogens is 2. The Morgan fingerprint density at radius 3 is 2.50 bits per heavy atom. The predicted octanol–water partition coefficient (Wildman–Crippen LogP) is 5.43. The van der Waals surface area contributed by atoms with Gasteiger partial charge in [-0.25, -0.2) is 14.4 Å². The predicted molar refractivity (Wildman–Crippen MR) is 159 cm³/mol. The molecule has 2 atom stereocenters. The molecule has 44 heavy (non-hydrogen) atoms. The average Bonchev–Trinajstić information content (AvgIpc) is 2.97. The molecule has 4 rings (SSSR count). The summed E-state index contributed by atoms with van der Waals surface area (Å²) in [5.74, 6) is -2.91. The summed E-state index contributed by atoms with van der Waals surface area (Å²) < 4.78 is 62.4. The van der Waals surface area contributed by atoms with Crippen molar-refractivity contribution >= 4 is 35.5 Å². The van der Waals surface area contributed by atoms with E-state index < -0.39 is 35.3 Å². The van der Waals surface area contributed by atoms with Crippen molar-refractivity contribution in [3.63, 3.8) is 0 Å². The minimum atomic E-state index is -4.75. The molecule has 0 spiro atoms. The molecule has 2 aromatic rings. The molecule has 1 aliphatic heterocycles. The van der Waals surface area contributed by atoms with Gasteiger partial charge in [0.2, 0.25) is 11.9 Å². The van der Waals surface area contributed by atoms with Gasteiger partial charge in [-0.2, -0.15) is 18.2 Å². The van der Waals surface area contributed by atoms with Crippen molar-refractivity contribution in [3.05, 3.63) is 35.3 Å². The minimum Gasteiger partial charge on any atom is -0.495 e. The largest absolute Gasteiger partial charge is 0.495 e. The van der Waals surface area contributed by atoms with Crippen molar-refractivity contribution in [2.45, 2.75) is 70.6 Å². The van der Waals surface area contributed by atoms with Crippen LogP contribution in [-0.2, 0) is 11.0 Å². The van der Waals surface area contributed by atoms with Crippen molar-refractivity contribution < 1.29 is 31.9 Å². The van der Waals surface area contributed by atoms with Gasteiger partial charge < -0.3 is 25.6 Å². The summed E-state index contributed by atoms with van der Waals surface area (Å²) >= 11 is 0. The zero-order valence-corrected chi connectivity index (χ0v) is 25.3. The van der Waals surface area contributed by atoms with Crippen LogP contribution in [-0.4, -0.2) is 72.2 Å². The maximum atomic E-state index is 15.2. The molecule has 3 N–H and O–H groups in total. The van der Waals surface area contributed by atoms with Crippen molar-refractivity contribution in [2.24, 2.45) is 16.8 Å². The lowest BCUT2D eigenvalue weighted by molar-refractivity contribution is -0.137. The van der Waals surface area contributed by atoms with Crippen LogP contribution in [0.1, 0.15) is 68.3 Å². The Morgan fingerprint density at radius 2 is 1.84 bits per heavy atom. The molecular weight excluding hydrogens is 582 g/mol. The number of hydrogen-bond donors (Lipinski definition) is 3. The van der Waals surface area contributed by atoms with Gasteiger partial charge in [0.15, 0.2) is 0 Å². The second-order valence-electron chi connectivity index (χ2n) is 11.6. The first-order valence-corrected chi connectivity index (χ1v) is 14.8. The number of carbonyl (C=O) groups is 2. The third-order valence-electron chi connectivity index (χ3n) is 7.96. The molecule has 1 unspecified atom stereocenters. The van der Waals surface area contributed by atoms with Gasteiger partial charge in [0, 0.05) is 42.4 Å². The molecular formula is C30H39F4N7O3. The van der Waals surface area contributed by atoms with Gasteiger partial charge in [0.25, 0.3) is 5.91 Å². The second kappa shape index (κ2) is 14.3. The monoisotopic (exact) mass is 621 g/mol. The Kier molecular flexibility index (Phi) is 10.8. The highest BCUT2D eigenvalue weighted by Gasteiger charge is 2.37. The molecule has 2 fully saturated rings. The Hall–Kier alpha value is -3.81. The van der Waals surface area contributed by atoms with E-state index in [2.05, 4.69) is 35.8 Å². The van der Waals surface area contributed by atoms with Gasteiger partial charge in [-0.1, -0.05) is 26.7 Å². The maximum absolute atomic E-state index is 15.2. The molecule has 2 amide bonds. The number of nitrogens with one attached hydrogen (secondary N) is 3. The highest BCUT2D eigenvalue weighted by Crippen LogP contribution is 2.37. The molecule has 1 aromatic carbocycles. The number of aliphatic imine (C=N–C) groups is 1. The maximum Gasteiger partial charge on any atom is 0.421 e. The number of amides is 2. The van der Waals surface area contributed by atoms with Crippen LogP contribution >= 0.6 is 0 Å². The van der Waals surface area contributed by atoms with Gasteiger partial charge in [-0.15, -0.1) is 0 Å². The Labute approximate surface area is 254 Å². The van der Waals surface area contributed by atoms with Crippen molar-refractivity contribution in [1.82, 2.24) is 20.2 Å². The standard InChI is InChI=1S/C30H39F4N7O3/c1-17(2)27(42)35-15-18-7-5-6-8-23(18)38-26-21(30(32,33)34)16-36-29(40-26)39-24-14-22(31)20(13-25(24)44-4)28(43)37-19-9-11-41(3)12-10-19/h13-19,23H,5-12H2,1-4H3,(H,37,43)(H2,36,38,39,40)/t18?,23-/m1/s1. The number of likely N-dealkylation sites (tertiary alicyclic amines) is 1. The first kappa shape index (κ1) is 33.1. The molecule has 1 aliphatic carbocycles. The summed E-state index contributed by atoms with van der Waals surface area (Å²) in [5, 5.41) is 8.51. The van der Waals surface area contributed by atoms with Gasteiger partial charge in [0.05, 0.1) is 18.4 Å². The van der Waals surface area contributed by atoms with E-state index >= 15 is 4.39 Å². The molecule has 2 aliphatic rings. The molecule has 1 saturated heterocycles. The van der Waals surface area contributed by atoms with E-state index in [1.54, 1.807) is 13.8 Å². The summed E-state index contributed by atoms with van der Waals surface area (Å²) in [6.07, 6.45) is 1.74. The smallest absolute Gasteiger partial charge is 0.421 e. The zero-order valence-electron chi connectivity index (χ0n) is 25.3. The number of halogens is 4. The zero-order chi connectivity index (χ0) is 32.0. The molecule has 10 nitrogen and oxygen atoms in total. The van der Waals surface area contributed by atoms with Crippen LogP contribution in [0.3, 0.4) is 0 Å². The lowest BCUT2D eigenvalue weighted by atomic mass is 9.85. The fourth-order valence-electron chi connectivity index (χ4n) is 5.30. The molecule has 14 heteroatoms. The van der Waals surface area contributed by atoms with Crippen LogP contribution in [0.2, 0.25) is 0 Å². The Balaban J connectivity index is 1.57. The quantitative estimate of drug-likeness (QED) is 0.250. The van der Waals surface area contributed by atoms with Gasteiger partial charge in [0.1, 0.15) is 22.9 Å². The van der Waals surface area contributed by atoms with Crippen LogP contribution in [0.5, 0.6) is 5.75 Å². The van der Waals surface area contributed by atoms with Crippen molar-refractivity contribution in [3.8, 4) is 5.75 Å². The number of benzene rings is 1. The third-order valence-corrected chi connectivity index (χ3v) is 7.96. The second-order valence-corrected chi connectivity index (χ2v) is 11.6. The number of rotatable bonds is 9. The fraction of sp³-hybridized carbons (Fsp3) is 0.567. The molecule has 2 heterocycles. The topological polar surface area (TPSA) is 121 Å². The molecule has 240 valence electrons. The number of nitrogens with zero attached hydrogens (tertiary/aromatic N) is 4. The number of methoxy groups -OCH3 is 1. The first-order chi connectivity index (χ1) is 20.8. The van der Waals surface area contributed by atoms with E-state index in [4.69, 9.17) is 4.74 Å². The Bertz CT molecular complexity index is 1360. The van der Waals surface area contributed by atoms with Crippen LogP contribution < -0.4 is 20.7 Å². The Morgan fingerprint density at radius 1 is 1.14 bits per heavy atom. The van der Waals surface area contributed by atoms with Crippen molar-refractivity contribution in [2.75, 3.05) is 37.9 Å². The van der Waals surface area contributed by atoms with Crippen LogP contribution in [0.25, 0.3) is 0 Å². The van der Waals surface area contributed by atoms with Gasteiger partial charge in [-0.3, -0.25) is 9.59 Å². The summed E-state index contributed by atoms with van der Waals surface area (Å²) in [7, 11) is 3.32. The summed E-state index contributed by atoms with van der Waals surface area (Å²) in [6.45, 7) is 5.08. The van der Waals surface area contributed by atoms with E-state index in [0.29, 0.717) is 19.0 Å². The lowest BCUT2D eigenvalue weighted by Crippen LogP contribution is -2.43. The van der Waals surface area contributed by atoms with Crippen LogP contribution in [0, 0.1) is 17.7 Å². The minimum absolute atomic E-state index is 0.0291. The van der Waals surface area contributed by atoms with E-state index in [-0.39, 0.29) is 46.7 Å². The number of piperidine rings is 1. The number of anilines is 3. The number of alkyl halides is 3. The van der Waals surface area contributed by atoms with E-state index in [1.165, 1.54) is 19.4 Å². The number of hydrogen-bond acceptors (Lipinski definition) is 8. The van der Waals surface area contributed by atoms with Crippen LogP contribution in [0.4, 0.5) is 35.0 Å². The summed E-state index contributed by atoms with van der Waals surface area (Å²) in [6, 6.07) is 1.72. The average molecular weight is 622 g/mol. The SMILES string of the molecule is COc1cc(C(=O)NC2CCN(C)CC2)c(F)cc1Nc1ncc(C(F)(F)F)c(N[C@@H]2CCCCC2C=NC(=O)C(C)C)n1. The van der Waals surface area contributed by atoms with Crippen LogP contribution in [0.15, 0.2) is 23.3 Å². The molecule has 1 aromatic heterocycles. The molecule has 0 bridgehead atoms. The number of ether oxygens (including phenoxy) is 1. The van der Waals surface area contributed by atoms with E-state index in [1.807, 2.05) is 7.05 Å². The summed E-state index contributed by atoms with van der Waals surface area (Å²) in [4.78, 5) is 39.0. The molecule has 1 saturated carbocycles.